The summed E-state index contributed by atoms with van der Waals surface area (Å²) in [6, 6.07) is 2.41. The van der Waals surface area contributed by atoms with E-state index in [1.807, 2.05) is 0 Å². The number of ether oxygens (including phenoxy) is 3. The van der Waals surface area contributed by atoms with Gasteiger partial charge in [-0.05, 0) is 40.5 Å². The number of carbonyl (C=O) groups is 2. The van der Waals surface area contributed by atoms with Crippen molar-refractivity contribution in [3.8, 4) is 11.5 Å². The van der Waals surface area contributed by atoms with Crippen molar-refractivity contribution in [2.45, 2.75) is 13.0 Å². The number of allylic oxidation sites excluding steroid dienone is 1. The van der Waals surface area contributed by atoms with Crippen LogP contribution in [0.4, 0.5) is 4.79 Å². The summed E-state index contributed by atoms with van der Waals surface area (Å²) in [7, 11) is 4.33. The molecule has 0 unspecified atom stereocenters. The van der Waals surface area contributed by atoms with Crippen LogP contribution in [0.25, 0.3) is 0 Å². The van der Waals surface area contributed by atoms with Gasteiger partial charge in [0.05, 0.1) is 37.4 Å². The van der Waals surface area contributed by atoms with Gasteiger partial charge in [0.1, 0.15) is 0 Å². The van der Waals surface area contributed by atoms with Gasteiger partial charge in [0.15, 0.2) is 11.5 Å². The average Bonchev–Trinajstić information content (AvgIpc) is 2.52. The highest BCUT2D eigenvalue weighted by Crippen LogP contribution is 2.39. The van der Waals surface area contributed by atoms with Crippen molar-refractivity contribution in [3.63, 3.8) is 0 Å². The first-order chi connectivity index (χ1) is 10.9. The number of carbonyl (C=O) groups excluding carboxylic acids is 2. The van der Waals surface area contributed by atoms with E-state index in [4.69, 9.17) is 14.2 Å². The molecule has 0 spiro atoms. The van der Waals surface area contributed by atoms with Crippen molar-refractivity contribution in [1.82, 2.24) is 10.6 Å². The third kappa shape index (κ3) is 3.26. The maximum absolute atomic E-state index is 12.1. The van der Waals surface area contributed by atoms with Crippen LogP contribution in [0.3, 0.4) is 0 Å². The minimum atomic E-state index is -0.660. The highest BCUT2D eigenvalue weighted by atomic mass is 79.9. The molecule has 0 radical (unpaired) electrons. The Morgan fingerprint density at radius 1 is 1.22 bits per heavy atom. The van der Waals surface area contributed by atoms with Gasteiger partial charge in [-0.25, -0.2) is 9.59 Å². The summed E-state index contributed by atoms with van der Waals surface area (Å²) in [5.41, 5.74) is 1.42. The molecule has 0 aliphatic carbocycles. The number of hydrogen-bond donors (Lipinski definition) is 2. The van der Waals surface area contributed by atoms with Gasteiger partial charge in [0.2, 0.25) is 0 Å². The second-order valence-electron chi connectivity index (χ2n) is 4.80. The molecule has 23 heavy (non-hydrogen) atoms. The Labute approximate surface area is 142 Å². The fraction of sp³-hybridized carbons (Fsp3) is 0.333. The van der Waals surface area contributed by atoms with Crippen LogP contribution in [0.2, 0.25) is 0 Å². The van der Waals surface area contributed by atoms with Crippen LogP contribution in [-0.2, 0) is 9.53 Å². The van der Waals surface area contributed by atoms with Gasteiger partial charge in [0, 0.05) is 5.70 Å². The molecule has 1 atom stereocenters. The Morgan fingerprint density at radius 2 is 1.91 bits per heavy atom. The molecule has 0 saturated carbocycles. The van der Waals surface area contributed by atoms with E-state index in [1.54, 1.807) is 19.1 Å². The highest BCUT2D eigenvalue weighted by Gasteiger charge is 2.32. The van der Waals surface area contributed by atoms with Crippen molar-refractivity contribution >= 4 is 27.9 Å². The van der Waals surface area contributed by atoms with Crippen LogP contribution in [0.5, 0.6) is 11.5 Å². The molecule has 1 aliphatic rings. The summed E-state index contributed by atoms with van der Waals surface area (Å²) < 4.78 is 16.0. The zero-order chi connectivity index (χ0) is 17.1. The molecule has 2 rings (SSSR count). The first-order valence-electron chi connectivity index (χ1n) is 6.71. The average molecular weight is 385 g/mol. The summed E-state index contributed by atoms with van der Waals surface area (Å²) in [6.45, 7) is 1.65. The monoisotopic (exact) mass is 384 g/mol. The summed E-state index contributed by atoms with van der Waals surface area (Å²) in [5, 5.41) is 5.29. The summed E-state index contributed by atoms with van der Waals surface area (Å²) in [4.78, 5) is 23.9. The lowest BCUT2D eigenvalue weighted by molar-refractivity contribution is -0.136. The van der Waals surface area contributed by atoms with Gasteiger partial charge in [-0.3, -0.25) is 0 Å². The molecule has 1 heterocycles. The van der Waals surface area contributed by atoms with Gasteiger partial charge < -0.3 is 24.8 Å². The fourth-order valence-corrected chi connectivity index (χ4v) is 3.05. The van der Waals surface area contributed by atoms with Crippen molar-refractivity contribution in [1.29, 1.82) is 0 Å². The van der Waals surface area contributed by atoms with Crippen molar-refractivity contribution < 1.29 is 23.8 Å². The largest absolute Gasteiger partial charge is 0.493 e. The molecule has 124 valence electrons. The number of esters is 1. The third-order valence-corrected chi connectivity index (χ3v) is 4.05. The highest BCUT2D eigenvalue weighted by molar-refractivity contribution is 9.10. The first kappa shape index (κ1) is 17.1. The van der Waals surface area contributed by atoms with E-state index in [9.17, 15) is 9.59 Å². The molecule has 0 fully saturated rings. The van der Waals surface area contributed by atoms with Crippen LogP contribution in [-0.4, -0.2) is 33.3 Å². The van der Waals surface area contributed by atoms with E-state index in [-0.39, 0.29) is 0 Å². The van der Waals surface area contributed by atoms with Gasteiger partial charge >= 0.3 is 12.0 Å². The molecule has 2 amide bonds. The molecule has 8 heteroatoms. The molecule has 7 nitrogen and oxygen atoms in total. The van der Waals surface area contributed by atoms with Crippen LogP contribution in [0, 0.1) is 0 Å². The Hall–Kier alpha value is -2.22. The fourth-order valence-electron chi connectivity index (χ4n) is 2.43. The Kier molecular flexibility index (Phi) is 5.15. The molecule has 0 aromatic heterocycles. The smallest absolute Gasteiger partial charge is 0.337 e. The summed E-state index contributed by atoms with van der Waals surface area (Å²) in [6.07, 6.45) is 0. The Balaban J connectivity index is 2.58. The molecule has 1 aromatic carbocycles. The lowest BCUT2D eigenvalue weighted by atomic mass is 9.95. The SMILES string of the molecule is COC(=O)C1=C(C)NC(=O)N[C@@H]1c1cc(Br)c(OC)c(OC)c1. The number of rotatable bonds is 4. The topological polar surface area (TPSA) is 85.9 Å². The molecular formula is C15H17BrN2O5. The molecule has 0 saturated heterocycles. The van der Waals surface area contributed by atoms with Crippen molar-refractivity contribution in [2.75, 3.05) is 21.3 Å². The molecular weight excluding hydrogens is 368 g/mol. The number of methoxy groups -OCH3 is 3. The van der Waals surface area contributed by atoms with Crippen LogP contribution < -0.4 is 20.1 Å². The van der Waals surface area contributed by atoms with Crippen LogP contribution in [0.1, 0.15) is 18.5 Å². The van der Waals surface area contributed by atoms with E-state index in [0.29, 0.717) is 32.8 Å². The van der Waals surface area contributed by atoms with Gasteiger partial charge in [-0.1, -0.05) is 0 Å². The van der Waals surface area contributed by atoms with E-state index < -0.39 is 18.0 Å². The number of amides is 2. The summed E-state index contributed by atoms with van der Waals surface area (Å²) in [5.74, 6) is 0.481. The quantitative estimate of drug-likeness (QED) is 0.777. The normalized spacial score (nSPS) is 17.3. The van der Waals surface area contributed by atoms with Crippen molar-refractivity contribution in [3.05, 3.63) is 33.4 Å². The lowest BCUT2D eigenvalue weighted by Crippen LogP contribution is -2.45. The molecule has 0 bridgehead atoms. The number of halogens is 1. The van der Waals surface area contributed by atoms with Gasteiger partial charge in [-0.2, -0.15) is 0 Å². The van der Waals surface area contributed by atoms with Gasteiger partial charge in [-0.15, -0.1) is 0 Å². The van der Waals surface area contributed by atoms with Crippen LogP contribution in [0.15, 0.2) is 27.9 Å². The lowest BCUT2D eigenvalue weighted by Gasteiger charge is -2.28. The van der Waals surface area contributed by atoms with E-state index in [0.717, 1.165) is 0 Å². The first-order valence-corrected chi connectivity index (χ1v) is 7.50. The van der Waals surface area contributed by atoms with E-state index >= 15 is 0 Å². The maximum Gasteiger partial charge on any atom is 0.337 e. The van der Waals surface area contributed by atoms with Gasteiger partial charge in [0.25, 0.3) is 0 Å². The Bertz CT molecular complexity index is 687. The number of nitrogens with one attached hydrogen (secondary N) is 2. The van der Waals surface area contributed by atoms with Crippen LogP contribution >= 0.6 is 15.9 Å². The number of benzene rings is 1. The second-order valence-corrected chi connectivity index (χ2v) is 5.65. The predicted octanol–water partition coefficient (Wildman–Crippen LogP) is 2.27. The standard InChI is InChI=1S/C15H17BrN2O5/c1-7-11(14(19)23-4)12(18-15(20)17-7)8-5-9(16)13(22-3)10(6-8)21-2/h5-6,12H,1-4H3,(H2,17,18,20)/t12-/m1/s1. The minimum absolute atomic E-state index is 0.325. The van der Waals surface area contributed by atoms with E-state index in [1.165, 1.54) is 21.3 Å². The Morgan fingerprint density at radius 3 is 2.48 bits per heavy atom. The third-order valence-electron chi connectivity index (χ3n) is 3.46. The number of urea groups is 1. The van der Waals surface area contributed by atoms with E-state index in [2.05, 4.69) is 26.6 Å². The number of hydrogen-bond acceptors (Lipinski definition) is 5. The molecule has 1 aromatic rings. The van der Waals surface area contributed by atoms with Crippen molar-refractivity contribution in [2.24, 2.45) is 0 Å². The predicted molar refractivity (Wildman–Crippen MR) is 86.4 cm³/mol. The molecule has 1 aliphatic heterocycles. The zero-order valence-corrected chi connectivity index (χ0v) is 14.7. The zero-order valence-electron chi connectivity index (χ0n) is 13.2. The minimum Gasteiger partial charge on any atom is -0.493 e. The summed E-state index contributed by atoms with van der Waals surface area (Å²) >= 11 is 3.40. The maximum atomic E-state index is 12.1. The molecule has 2 N–H and O–H groups in total. The second kappa shape index (κ2) is 6.91.